The number of nitrogens with one attached hydrogen (secondary N) is 1. The summed E-state index contributed by atoms with van der Waals surface area (Å²) in [5.74, 6) is -0.957. The van der Waals surface area contributed by atoms with Gasteiger partial charge in [0.25, 0.3) is 5.91 Å². The third-order valence-electron chi connectivity index (χ3n) is 5.12. The second-order valence-corrected chi connectivity index (χ2v) is 7.54. The number of hydrogen-bond donors (Lipinski definition) is 1. The van der Waals surface area contributed by atoms with Crippen molar-refractivity contribution in [3.63, 3.8) is 0 Å². The van der Waals surface area contributed by atoms with Crippen LogP contribution in [0.5, 0.6) is 11.5 Å². The maximum absolute atomic E-state index is 13.3. The number of Topliss-reactive ketones (excluding diaryl/α,β-unsaturated/α-hetero) is 1. The summed E-state index contributed by atoms with van der Waals surface area (Å²) in [6.07, 6.45) is 2.24. The number of carbonyl (C=O) groups excluding carboxylic acids is 3. The van der Waals surface area contributed by atoms with E-state index in [-0.39, 0.29) is 42.8 Å². The molecule has 1 N–H and O–H groups in total. The minimum absolute atomic E-state index is 0.204. The number of carbonyl (C=O) groups is 3. The van der Waals surface area contributed by atoms with E-state index in [4.69, 9.17) is 9.47 Å². The number of fused-ring (bicyclic) bond motifs is 1. The number of pyridine rings is 1. The van der Waals surface area contributed by atoms with Crippen LogP contribution in [0.15, 0.2) is 66.9 Å². The number of hydrogen-bond acceptors (Lipinski definition) is 6. The van der Waals surface area contributed by atoms with E-state index in [2.05, 4.69) is 10.3 Å². The molecule has 0 spiro atoms. The maximum atomic E-state index is 13.3. The molecule has 0 unspecified atom stereocenters. The summed E-state index contributed by atoms with van der Waals surface area (Å²) in [5, 5.41) is 2.78. The SMILES string of the molecule is O=C(CN1C(=O)COc2ccc(C(=O)COc3cccc(F)c3)cc21)NCCc1ccccn1. The second-order valence-electron chi connectivity index (χ2n) is 7.54. The smallest absolute Gasteiger partial charge is 0.265 e. The molecule has 34 heavy (non-hydrogen) atoms. The number of rotatable bonds is 9. The molecule has 0 radical (unpaired) electrons. The highest BCUT2D eigenvalue weighted by Crippen LogP contribution is 2.33. The number of benzene rings is 2. The van der Waals surface area contributed by atoms with E-state index in [0.29, 0.717) is 24.4 Å². The largest absolute Gasteiger partial charge is 0.485 e. The van der Waals surface area contributed by atoms with Crippen LogP contribution in [0.2, 0.25) is 0 Å². The van der Waals surface area contributed by atoms with Crippen molar-refractivity contribution in [3.05, 3.63) is 83.9 Å². The first kappa shape index (κ1) is 22.9. The fraction of sp³-hybridized carbons (Fsp3) is 0.200. The van der Waals surface area contributed by atoms with Gasteiger partial charge in [-0.3, -0.25) is 24.3 Å². The Morgan fingerprint density at radius 1 is 1.12 bits per heavy atom. The number of ether oxygens (including phenoxy) is 2. The van der Waals surface area contributed by atoms with E-state index in [1.54, 1.807) is 24.4 Å². The van der Waals surface area contributed by atoms with Crippen LogP contribution in [0.4, 0.5) is 10.1 Å². The molecule has 0 atom stereocenters. The molecule has 3 aromatic rings. The highest BCUT2D eigenvalue weighted by molar-refractivity contribution is 6.04. The van der Waals surface area contributed by atoms with Crippen LogP contribution in [-0.2, 0) is 16.0 Å². The molecule has 9 heteroatoms. The summed E-state index contributed by atoms with van der Waals surface area (Å²) >= 11 is 0. The van der Waals surface area contributed by atoms with E-state index in [0.717, 1.165) is 5.69 Å². The Morgan fingerprint density at radius 2 is 2.00 bits per heavy atom. The maximum Gasteiger partial charge on any atom is 0.265 e. The van der Waals surface area contributed by atoms with Crippen LogP contribution in [-0.4, -0.2) is 48.9 Å². The summed E-state index contributed by atoms with van der Waals surface area (Å²) in [4.78, 5) is 43.1. The number of anilines is 1. The van der Waals surface area contributed by atoms with Gasteiger partial charge in [0.15, 0.2) is 19.0 Å². The topological polar surface area (TPSA) is 97.8 Å². The number of ketones is 1. The Morgan fingerprint density at radius 3 is 2.79 bits per heavy atom. The fourth-order valence-electron chi connectivity index (χ4n) is 3.41. The number of halogens is 1. The van der Waals surface area contributed by atoms with Crippen LogP contribution in [0.3, 0.4) is 0 Å². The molecular weight excluding hydrogens is 441 g/mol. The van der Waals surface area contributed by atoms with E-state index in [1.165, 1.54) is 29.2 Å². The normalized spacial score (nSPS) is 12.5. The van der Waals surface area contributed by atoms with Gasteiger partial charge in [0.2, 0.25) is 5.91 Å². The highest BCUT2D eigenvalue weighted by Gasteiger charge is 2.28. The first-order valence-corrected chi connectivity index (χ1v) is 10.6. The Hall–Kier alpha value is -4.27. The third-order valence-corrected chi connectivity index (χ3v) is 5.12. The zero-order chi connectivity index (χ0) is 23.9. The summed E-state index contributed by atoms with van der Waals surface area (Å²) < 4.78 is 24.1. The molecule has 1 aliphatic heterocycles. The fourth-order valence-corrected chi connectivity index (χ4v) is 3.41. The Bertz CT molecular complexity index is 1200. The molecule has 0 aliphatic carbocycles. The lowest BCUT2D eigenvalue weighted by molar-refractivity contribution is -0.125. The van der Waals surface area contributed by atoms with Crippen molar-refractivity contribution in [1.29, 1.82) is 0 Å². The van der Waals surface area contributed by atoms with Gasteiger partial charge in [-0.15, -0.1) is 0 Å². The predicted molar refractivity (Wildman–Crippen MR) is 121 cm³/mol. The van der Waals surface area contributed by atoms with Crippen molar-refractivity contribution in [2.45, 2.75) is 6.42 Å². The molecular formula is C25H22FN3O5. The van der Waals surface area contributed by atoms with Crippen LogP contribution in [0, 0.1) is 5.82 Å². The first-order chi connectivity index (χ1) is 16.5. The highest BCUT2D eigenvalue weighted by atomic mass is 19.1. The minimum atomic E-state index is -0.469. The lowest BCUT2D eigenvalue weighted by atomic mass is 10.1. The van der Waals surface area contributed by atoms with E-state index in [1.807, 2.05) is 18.2 Å². The van der Waals surface area contributed by atoms with Crippen LogP contribution in [0.1, 0.15) is 16.1 Å². The monoisotopic (exact) mass is 463 g/mol. The summed E-state index contributed by atoms with van der Waals surface area (Å²) in [6.45, 7) is -0.360. The summed E-state index contributed by atoms with van der Waals surface area (Å²) in [7, 11) is 0. The molecule has 2 aromatic carbocycles. The van der Waals surface area contributed by atoms with Crippen LogP contribution >= 0.6 is 0 Å². The lowest BCUT2D eigenvalue weighted by Crippen LogP contribution is -2.45. The molecule has 2 heterocycles. The zero-order valence-electron chi connectivity index (χ0n) is 18.2. The van der Waals surface area contributed by atoms with E-state index in [9.17, 15) is 18.8 Å². The van der Waals surface area contributed by atoms with Crippen molar-refractivity contribution in [1.82, 2.24) is 10.3 Å². The Kier molecular flexibility index (Phi) is 7.12. The van der Waals surface area contributed by atoms with Gasteiger partial charge in [0, 0.05) is 36.5 Å². The van der Waals surface area contributed by atoms with Crippen LogP contribution in [0.25, 0.3) is 0 Å². The molecule has 8 nitrogen and oxygen atoms in total. The van der Waals surface area contributed by atoms with Gasteiger partial charge in [-0.1, -0.05) is 12.1 Å². The van der Waals surface area contributed by atoms with E-state index >= 15 is 0 Å². The van der Waals surface area contributed by atoms with Gasteiger partial charge in [-0.2, -0.15) is 0 Å². The van der Waals surface area contributed by atoms with Crippen LogP contribution < -0.4 is 19.7 Å². The van der Waals surface area contributed by atoms with Gasteiger partial charge in [-0.25, -0.2) is 4.39 Å². The van der Waals surface area contributed by atoms with Crippen molar-refractivity contribution < 1.29 is 28.2 Å². The number of nitrogens with zero attached hydrogens (tertiary/aromatic N) is 2. The number of aromatic nitrogens is 1. The second kappa shape index (κ2) is 10.6. The van der Waals surface area contributed by atoms with Gasteiger partial charge in [-0.05, 0) is 42.5 Å². The summed E-state index contributed by atoms with van der Waals surface area (Å²) in [5.41, 5.74) is 1.45. The van der Waals surface area contributed by atoms with Gasteiger partial charge in [0.05, 0.1) is 5.69 Å². The third kappa shape index (κ3) is 5.74. The van der Waals surface area contributed by atoms with Crippen molar-refractivity contribution in [3.8, 4) is 11.5 Å². The molecule has 2 amide bonds. The van der Waals surface area contributed by atoms with Gasteiger partial charge < -0.3 is 14.8 Å². The Labute approximate surface area is 195 Å². The average molecular weight is 463 g/mol. The molecule has 1 aliphatic rings. The molecule has 0 bridgehead atoms. The van der Waals surface area contributed by atoms with Gasteiger partial charge >= 0.3 is 0 Å². The quantitative estimate of drug-likeness (QED) is 0.490. The molecule has 0 saturated heterocycles. The molecule has 0 saturated carbocycles. The standard InChI is InChI=1S/C25H22FN3O5/c26-18-4-3-6-20(13-18)33-15-22(30)17-7-8-23-21(12-17)29(25(32)16-34-23)14-24(31)28-11-9-19-5-1-2-10-27-19/h1-8,10,12-13H,9,11,14-16H2,(H,28,31). The predicted octanol–water partition coefficient (Wildman–Crippen LogP) is 2.57. The molecule has 174 valence electrons. The Balaban J connectivity index is 1.40. The average Bonchev–Trinajstić information content (AvgIpc) is 2.85. The van der Waals surface area contributed by atoms with Crippen molar-refractivity contribution >= 4 is 23.3 Å². The molecule has 0 fully saturated rings. The van der Waals surface area contributed by atoms with Gasteiger partial charge in [0.1, 0.15) is 23.9 Å². The molecule has 1 aromatic heterocycles. The van der Waals surface area contributed by atoms with Crippen molar-refractivity contribution in [2.24, 2.45) is 0 Å². The minimum Gasteiger partial charge on any atom is -0.485 e. The number of amides is 2. The van der Waals surface area contributed by atoms with Crippen molar-refractivity contribution in [2.75, 3.05) is 31.2 Å². The molecule has 4 rings (SSSR count). The zero-order valence-corrected chi connectivity index (χ0v) is 18.2. The summed E-state index contributed by atoms with van der Waals surface area (Å²) in [6, 6.07) is 15.7. The lowest BCUT2D eigenvalue weighted by Gasteiger charge is -2.29. The first-order valence-electron chi connectivity index (χ1n) is 10.6. The van der Waals surface area contributed by atoms with E-state index < -0.39 is 11.7 Å².